The number of rotatable bonds is 6. The summed E-state index contributed by atoms with van der Waals surface area (Å²) in [6.45, 7) is 7.65. The van der Waals surface area contributed by atoms with Gasteiger partial charge in [0.05, 0.1) is 11.7 Å². The Morgan fingerprint density at radius 3 is 2.43 bits per heavy atom. The minimum absolute atomic E-state index is 0.0131. The average molecular weight is 508 g/mol. The summed E-state index contributed by atoms with van der Waals surface area (Å²) in [7, 11) is 4.22. The molecule has 1 aliphatic heterocycles. The van der Waals surface area contributed by atoms with Crippen molar-refractivity contribution in [1.29, 1.82) is 0 Å². The summed E-state index contributed by atoms with van der Waals surface area (Å²) in [5, 5.41) is 11.6. The van der Waals surface area contributed by atoms with Crippen molar-refractivity contribution >= 4 is 28.6 Å². The van der Waals surface area contributed by atoms with Gasteiger partial charge in [0.25, 0.3) is 0 Å². The first-order valence-electron chi connectivity index (χ1n) is 12.4. The number of piperidine rings is 1. The molecule has 1 saturated heterocycles. The van der Waals surface area contributed by atoms with E-state index >= 15 is 0 Å². The molecule has 194 valence electrons. The summed E-state index contributed by atoms with van der Waals surface area (Å²) in [6, 6.07) is 7.30. The minimum atomic E-state index is -0.654. The van der Waals surface area contributed by atoms with Crippen LogP contribution in [0.3, 0.4) is 0 Å². The van der Waals surface area contributed by atoms with Crippen molar-refractivity contribution in [2.45, 2.75) is 45.7 Å². The number of anilines is 3. The van der Waals surface area contributed by atoms with Crippen molar-refractivity contribution in [1.82, 2.24) is 34.6 Å². The Morgan fingerprint density at radius 1 is 1.03 bits per heavy atom. The summed E-state index contributed by atoms with van der Waals surface area (Å²) in [5.41, 5.74) is 1.13. The van der Waals surface area contributed by atoms with E-state index in [4.69, 9.17) is 0 Å². The van der Waals surface area contributed by atoms with Gasteiger partial charge in [0, 0.05) is 30.7 Å². The van der Waals surface area contributed by atoms with E-state index in [0.717, 1.165) is 37.9 Å². The lowest BCUT2D eigenvalue weighted by Crippen LogP contribution is -2.42. The number of halogens is 2. The molecule has 0 spiro atoms. The summed E-state index contributed by atoms with van der Waals surface area (Å²) in [5.74, 6) is 0.886. The van der Waals surface area contributed by atoms with Gasteiger partial charge in [-0.15, -0.1) is 10.2 Å². The molecule has 5 rings (SSSR count). The van der Waals surface area contributed by atoms with E-state index in [1.807, 2.05) is 31.4 Å². The second-order valence-corrected chi connectivity index (χ2v) is 9.92. The third-order valence-electron chi connectivity index (χ3n) is 6.87. The second-order valence-electron chi connectivity index (χ2n) is 9.92. The van der Waals surface area contributed by atoms with Gasteiger partial charge in [-0.25, -0.2) is 23.7 Å². The number of hydrogen-bond acceptors (Lipinski definition) is 8. The predicted octanol–water partition coefficient (Wildman–Crippen LogP) is 4.72. The smallest absolute Gasteiger partial charge is 0.229 e. The Bertz CT molecular complexity index is 1410. The van der Waals surface area contributed by atoms with Gasteiger partial charge in [0.1, 0.15) is 17.0 Å². The van der Waals surface area contributed by atoms with Crippen LogP contribution in [0.25, 0.3) is 22.3 Å². The second kappa shape index (κ2) is 9.97. The van der Waals surface area contributed by atoms with Gasteiger partial charge >= 0.3 is 0 Å². The molecular weight excluding hydrogens is 476 g/mol. The highest BCUT2D eigenvalue weighted by Gasteiger charge is 2.22. The molecule has 0 aliphatic carbocycles. The summed E-state index contributed by atoms with van der Waals surface area (Å²) < 4.78 is 31.6. The average Bonchev–Trinajstić information content (AvgIpc) is 3.22. The van der Waals surface area contributed by atoms with Gasteiger partial charge < -0.3 is 19.7 Å². The van der Waals surface area contributed by atoms with Crippen molar-refractivity contribution < 1.29 is 8.78 Å². The SMILES string of the molecule is Cc1nc2c(F)cc(-c3nc(Nc4ccc(N5CCC(N(C)C)CC5)nn4)ncc3F)cc2n1C(C)C. The number of nitrogens with one attached hydrogen (secondary N) is 1. The van der Waals surface area contributed by atoms with Crippen LogP contribution in [-0.4, -0.2) is 67.8 Å². The van der Waals surface area contributed by atoms with E-state index in [9.17, 15) is 8.78 Å². The highest BCUT2D eigenvalue weighted by atomic mass is 19.1. The van der Waals surface area contributed by atoms with Gasteiger partial charge in [-0.2, -0.15) is 0 Å². The lowest BCUT2D eigenvalue weighted by molar-refractivity contribution is 0.249. The first kappa shape index (κ1) is 24.9. The summed E-state index contributed by atoms with van der Waals surface area (Å²) in [6.07, 6.45) is 3.21. The minimum Gasteiger partial charge on any atom is -0.355 e. The zero-order valence-corrected chi connectivity index (χ0v) is 21.7. The Kier molecular flexibility index (Phi) is 6.72. The quantitative estimate of drug-likeness (QED) is 0.401. The van der Waals surface area contributed by atoms with Crippen LogP contribution in [0.5, 0.6) is 0 Å². The molecule has 0 radical (unpaired) electrons. The molecule has 11 heteroatoms. The molecule has 0 bridgehead atoms. The monoisotopic (exact) mass is 507 g/mol. The van der Waals surface area contributed by atoms with Crippen LogP contribution < -0.4 is 10.2 Å². The van der Waals surface area contributed by atoms with Crippen molar-refractivity contribution in [3.63, 3.8) is 0 Å². The highest BCUT2D eigenvalue weighted by molar-refractivity contribution is 5.83. The molecule has 1 fully saturated rings. The highest BCUT2D eigenvalue weighted by Crippen LogP contribution is 2.30. The lowest BCUT2D eigenvalue weighted by atomic mass is 10.0. The van der Waals surface area contributed by atoms with Crippen LogP contribution in [0.1, 0.15) is 38.6 Å². The topological polar surface area (TPSA) is 87.9 Å². The number of nitrogens with zero attached hydrogens (tertiary/aromatic N) is 8. The fraction of sp³-hybridized carbons (Fsp3) is 0.423. The normalized spacial score (nSPS) is 14.8. The van der Waals surface area contributed by atoms with Crippen LogP contribution in [0.4, 0.5) is 26.4 Å². The van der Waals surface area contributed by atoms with Crippen molar-refractivity contribution in [2.75, 3.05) is 37.4 Å². The Hall–Kier alpha value is -3.73. The first-order chi connectivity index (χ1) is 17.7. The number of aryl methyl sites for hydroxylation is 1. The largest absolute Gasteiger partial charge is 0.355 e. The Labute approximate surface area is 214 Å². The molecule has 0 saturated carbocycles. The molecule has 0 atom stereocenters. The van der Waals surface area contributed by atoms with E-state index in [2.05, 4.69) is 54.4 Å². The Balaban J connectivity index is 1.38. The molecule has 4 heterocycles. The van der Waals surface area contributed by atoms with Crippen LogP contribution >= 0.6 is 0 Å². The zero-order valence-electron chi connectivity index (χ0n) is 21.7. The van der Waals surface area contributed by atoms with Crippen molar-refractivity contribution in [3.05, 3.63) is 47.9 Å². The fourth-order valence-corrected chi connectivity index (χ4v) is 4.97. The molecule has 37 heavy (non-hydrogen) atoms. The Morgan fingerprint density at radius 2 is 1.78 bits per heavy atom. The maximum absolute atomic E-state index is 14.9. The summed E-state index contributed by atoms with van der Waals surface area (Å²) in [4.78, 5) is 17.2. The molecule has 9 nitrogen and oxygen atoms in total. The molecule has 1 N–H and O–H groups in total. The van der Waals surface area contributed by atoms with E-state index < -0.39 is 11.6 Å². The molecular formula is C26H31F2N9. The fourth-order valence-electron chi connectivity index (χ4n) is 4.97. The number of imidazole rings is 1. The van der Waals surface area contributed by atoms with Gasteiger partial charge in [-0.05, 0) is 72.0 Å². The van der Waals surface area contributed by atoms with Crippen molar-refractivity contribution in [2.24, 2.45) is 0 Å². The third-order valence-corrected chi connectivity index (χ3v) is 6.87. The van der Waals surface area contributed by atoms with E-state index in [1.165, 1.54) is 6.07 Å². The van der Waals surface area contributed by atoms with E-state index in [0.29, 0.717) is 28.8 Å². The first-order valence-corrected chi connectivity index (χ1v) is 12.4. The van der Waals surface area contributed by atoms with E-state index in [-0.39, 0.29) is 23.2 Å². The van der Waals surface area contributed by atoms with Crippen molar-refractivity contribution in [3.8, 4) is 11.3 Å². The molecule has 1 aliphatic rings. The molecule has 0 unspecified atom stereocenters. The predicted molar refractivity (Wildman–Crippen MR) is 140 cm³/mol. The van der Waals surface area contributed by atoms with E-state index in [1.54, 1.807) is 12.1 Å². The number of fused-ring (bicyclic) bond motifs is 1. The zero-order chi connectivity index (χ0) is 26.3. The van der Waals surface area contributed by atoms with Gasteiger partial charge in [-0.1, -0.05) is 0 Å². The number of hydrogen-bond donors (Lipinski definition) is 1. The van der Waals surface area contributed by atoms with Crippen LogP contribution in [0, 0.1) is 18.6 Å². The van der Waals surface area contributed by atoms with Gasteiger partial charge in [0.15, 0.2) is 23.3 Å². The van der Waals surface area contributed by atoms with Crippen LogP contribution in [-0.2, 0) is 0 Å². The van der Waals surface area contributed by atoms with Crippen LogP contribution in [0.2, 0.25) is 0 Å². The molecule has 1 aromatic carbocycles. The molecule has 0 amide bonds. The third kappa shape index (κ3) is 4.95. The lowest BCUT2D eigenvalue weighted by Gasteiger charge is -2.35. The summed E-state index contributed by atoms with van der Waals surface area (Å²) >= 11 is 0. The molecule has 3 aromatic heterocycles. The van der Waals surface area contributed by atoms with Gasteiger partial charge in [0.2, 0.25) is 5.95 Å². The number of aromatic nitrogens is 6. The van der Waals surface area contributed by atoms with Crippen LogP contribution in [0.15, 0.2) is 30.5 Å². The maximum Gasteiger partial charge on any atom is 0.229 e. The maximum atomic E-state index is 14.9. The number of benzene rings is 1. The molecule has 4 aromatic rings. The standard InChI is InChI=1S/C26H31F2N9/c1-15(2)37-16(3)30-25-19(27)12-17(13-21(25)37)24-20(28)14-29-26(32-24)31-22-6-7-23(34-33-22)36-10-8-18(9-11-36)35(4)5/h6-7,12-15,18H,8-11H2,1-5H3,(H,29,31,32,33). The van der Waals surface area contributed by atoms with Gasteiger partial charge in [-0.3, -0.25) is 0 Å².